The molecule has 1 spiro atoms. The second kappa shape index (κ2) is 4.49. The molecule has 0 aromatic heterocycles. The normalized spacial score (nSPS) is 23.9. The minimum Gasteiger partial charge on any atom is -0.497 e. The Morgan fingerprint density at radius 3 is 2.35 bits per heavy atom. The highest BCUT2D eigenvalue weighted by Crippen LogP contribution is 2.56. The van der Waals surface area contributed by atoms with Crippen molar-refractivity contribution in [3.05, 3.63) is 28.8 Å². The first kappa shape index (κ1) is 13.9. The van der Waals surface area contributed by atoms with Crippen molar-refractivity contribution in [2.24, 2.45) is 0 Å². The number of rotatable bonds is 1. The topological polar surface area (TPSA) is 12.5 Å². The molecule has 1 aromatic carbocycles. The third kappa shape index (κ3) is 1.67. The molecule has 0 radical (unpaired) electrons. The van der Waals surface area contributed by atoms with E-state index in [1.807, 2.05) is 0 Å². The van der Waals surface area contributed by atoms with E-state index in [1.165, 1.54) is 48.8 Å². The van der Waals surface area contributed by atoms with Crippen molar-refractivity contribution in [1.82, 2.24) is 4.90 Å². The fourth-order valence-electron chi connectivity index (χ4n) is 4.68. The van der Waals surface area contributed by atoms with Crippen molar-refractivity contribution in [2.75, 3.05) is 14.2 Å². The molecule has 1 saturated carbocycles. The van der Waals surface area contributed by atoms with Crippen LogP contribution in [-0.4, -0.2) is 19.1 Å². The lowest BCUT2D eigenvalue weighted by Gasteiger charge is -2.45. The van der Waals surface area contributed by atoms with E-state index in [0.717, 1.165) is 5.75 Å². The van der Waals surface area contributed by atoms with E-state index in [2.05, 4.69) is 44.9 Å². The molecule has 0 atom stereocenters. The number of hydrogen-bond donors (Lipinski definition) is 0. The second-order valence-corrected chi connectivity index (χ2v) is 7.08. The summed E-state index contributed by atoms with van der Waals surface area (Å²) in [5, 5.41) is 0. The molecule has 1 aliphatic heterocycles. The van der Waals surface area contributed by atoms with Crippen LogP contribution in [0.25, 0.3) is 0 Å². The van der Waals surface area contributed by atoms with Crippen LogP contribution < -0.4 is 4.74 Å². The van der Waals surface area contributed by atoms with Crippen molar-refractivity contribution in [2.45, 2.75) is 64.0 Å². The second-order valence-electron chi connectivity index (χ2n) is 7.08. The summed E-state index contributed by atoms with van der Waals surface area (Å²) >= 11 is 0. The molecular formula is C18H27NO. The lowest BCUT2D eigenvalue weighted by molar-refractivity contribution is 0.0174. The Balaban J connectivity index is 2.24. The molecule has 0 bridgehead atoms. The fraction of sp³-hybridized carbons (Fsp3) is 0.667. The molecule has 1 aromatic rings. The van der Waals surface area contributed by atoms with Gasteiger partial charge >= 0.3 is 0 Å². The van der Waals surface area contributed by atoms with Gasteiger partial charge < -0.3 is 4.74 Å². The molecule has 1 fully saturated rings. The van der Waals surface area contributed by atoms with E-state index in [-0.39, 0.29) is 11.1 Å². The van der Waals surface area contributed by atoms with Gasteiger partial charge in [0.2, 0.25) is 0 Å². The largest absolute Gasteiger partial charge is 0.497 e. The molecule has 2 nitrogen and oxygen atoms in total. The number of nitrogens with zero attached hydrogens (tertiary/aromatic N) is 1. The summed E-state index contributed by atoms with van der Waals surface area (Å²) in [6.07, 6.45) is 6.64. The van der Waals surface area contributed by atoms with Gasteiger partial charge in [-0.05, 0) is 69.5 Å². The van der Waals surface area contributed by atoms with Gasteiger partial charge in [-0.25, -0.2) is 0 Å². The average Bonchev–Trinajstić information content (AvgIpc) is 2.60. The minimum absolute atomic E-state index is 0.114. The van der Waals surface area contributed by atoms with Crippen LogP contribution >= 0.6 is 0 Å². The number of aryl methyl sites for hydroxylation is 1. The van der Waals surface area contributed by atoms with Gasteiger partial charge in [0.15, 0.2) is 0 Å². The number of ether oxygens (including phenoxy) is 1. The summed E-state index contributed by atoms with van der Waals surface area (Å²) in [4.78, 5) is 2.64. The molecular weight excluding hydrogens is 246 g/mol. The molecule has 1 heterocycles. The molecule has 3 rings (SSSR count). The summed E-state index contributed by atoms with van der Waals surface area (Å²) in [5.41, 5.74) is 4.78. The van der Waals surface area contributed by atoms with Crippen molar-refractivity contribution in [3.63, 3.8) is 0 Å². The van der Waals surface area contributed by atoms with Crippen LogP contribution in [0.3, 0.4) is 0 Å². The van der Waals surface area contributed by atoms with Crippen molar-refractivity contribution < 1.29 is 4.74 Å². The van der Waals surface area contributed by atoms with E-state index in [4.69, 9.17) is 4.74 Å². The van der Waals surface area contributed by atoms with E-state index >= 15 is 0 Å². The van der Waals surface area contributed by atoms with E-state index in [9.17, 15) is 0 Å². The van der Waals surface area contributed by atoms with Crippen LogP contribution in [0.4, 0.5) is 0 Å². The molecule has 0 unspecified atom stereocenters. The first-order valence-corrected chi connectivity index (χ1v) is 7.87. The highest BCUT2D eigenvalue weighted by Gasteiger charge is 2.52. The standard InChI is InChI=1S/C18H27NO/c1-13-11-14(20-5)12-15-16(13)17(2,3)19(4)18(15)9-7-6-8-10-18/h11-12H,6-10H2,1-5H3. The molecule has 0 N–H and O–H groups in total. The van der Waals surface area contributed by atoms with Gasteiger partial charge in [0.1, 0.15) is 5.75 Å². The van der Waals surface area contributed by atoms with E-state index < -0.39 is 0 Å². The zero-order valence-electron chi connectivity index (χ0n) is 13.5. The Kier molecular flexibility index (Phi) is 3.13. The Bertz CT molecular complexity index is 526. The smallest absolute Gasteiger partial charge is 0.119 e. The maximum atomic E-state index is 5.54. The summed E-state index contributed by atoms with van der Waals surface area (Å²) in [7, 11) is 4.09. The van der Waals surface area contributed by atoms with Crippen LogP contribution in [0.15, 0.2) is 12.1 Å². The maximum absolute atomic E-state index is 5.54. The highest BCUT2D eigenvalue weighted by atomic mass is 16.5. The van der Waals surface area contributed by atoms with Gasteiger partial charge in [0.25, 0.3) is 0 Å². The van der Waals surface area contributed by atoms with Crippen LogP contribution in [0.2, 0.25) is 0 Å². The summed E-state index contributed by atoms with van der Waals surface area (Å²) in [6.45, 7) is 6.97. The number of fused-ring (bicyclic) bond motifs is 2. The lowest BCUT2D eigenvalue weighted by Crippen LogP contribution is -2.47. The molecule has 0 saturated heterocycles. The molecule has 110 valence electrons. The lowest BCUT2D eigenvalue weighted by atomic mass is 9.76. The minimum atomic E-state index is 0.114. The van der Waals surface area contributed by atoms with E-state index in [1.54, 1.807) is 7.11 Å². The van der Waals surface area contributed by atoms with Gasteiger partial charge in [-0.15, -0.1) is 0 Å². The fourth-order valence-corrected chi connectivity index (χ4v) is 4.68. The Labute approximate surface area is 123 Å². The van der Waals surface area contributed by atoms with E-state index in [0.29, 0.717) is 0 Å². The molecule has 2 heteroatoms. The van der Waals surface area contributed by atoms with Gasteiger partial charge in [0.05, 0.1) is 7.11 Å². The first-order valence-electron chi connectivity index (χ1n) is 7.87. The van der Waals surface area contributed by atoms with Crippen molar-refractivity contribution in [1.29, 1.82) is 0 Å². The third-order valence-electron chi connectivity index (χ3n) is 5.82. The Hall–Kier alpha value is -1.02. The van der Waals surface area contributed by atoms with Crippen LogP contribution in [-0.2, 0) is 11.1 Å². The molecule has 2 aliphatic rings. The highest BCUT2D eigenvalue weighted by molar-refractivity contribution is 5.52. The predicted molar refractivity (Wildman–Crippen MR) is 83.3 cm³/mol. The summed E-state index contributed by atoms with van der Waals surface area (Å²) in [6, 6.07) is 4.50. The monoisotopic (exact) mass is 273 g/mol. The van der Waals surface area contributed by atoms with Gasteiger partial charge in [-0.1, -0.05) is 19.3 Å². The van der Waals surface area contributed by atoms with Crippen LogP contribution in [0, 0.1) is 6.92 Å². The predicted octanol–water partition coefficient (Wildman–Crippen LogP) is 4.34. The molecule has 20 heavy (non-hydrogen) atoms. The van der Waals surface area contributed by atoms with Crippen LogP contribution in [0.1, 0.15) is 62.6 Å². The summed E-state index contributed by atoms with van der Waals surface area (Å²) < 4.78 is 5.54. The summed E-state index contributed by atoms with van der Waals surface area (Å²) in [5.74, 6) is 1.01. The van der Waals surface area contributed by atoms with Crippen molar-refractivity contribution in [3.8, 4) is 5.75 Å². The first-order chi connectivity index (χ1) is 9.43. The number of hydrogen-bond acceptors (Lipinski definition) is 2. The van der Waals surface area contributed by atoms with Gasteiger partial charge in [-0.3, -0.25) is 4.90 Å². The van der Waals surface area contributed by atoms with Gasteiger partial charge in [-0.2, -0.15) is 0 Å². The zero-order chi connectivity index (χ0) is 14.5. The zero-order valence-corrected chi connectivity index (χ0v) is 13.5. The number of benzene rings is 1. The molecule has 1 aliphatic carbocycles. The maximum Gasteiger partial charge on any atom is 0.119 e. The third-order valence-corrected chi connectivity index (χ3v) is 5.82. The van der Waals surface area contributed by atoms with Gasteiger partial charge in [0, 0.05) is 11.1 Å². The van der Waals surface area contributed by atoms with Crippen molar-refractivity contribution >= 4 is 0 Å². The Morgan fingerprint density at radius 2 is 1.75 bits per heavy atom. The average molecular weight is 273 g/mol. The number of methoxy groups -OCH3 is 1. The quantitative estimate of drug-likeness (QED) is 0.754. The molecule has 0 amide bonds. The van der Waals surface area contributed by atoms with Crippen LogP contribution in [0.5, 0.6) is 5.75 Å². The SMILES string of the molecule is COc1cc(C)c2c(c1)C1(CCCCC1)N(C)C2(C)C. The Morgan fingerprint density at radius 1 is 1.10 bits per heavy atom.